The van der Waals surface area contributed by atoms with Crippen LogP contribution in [-0.4, -0.2) is 7.11 Å². The summed E-state index contributed by atoms with van der Waals surface area (Å²) >= 11 is 0. The van der Waals surface area contributed by atoms with Crippen molar-refractivity contribution in [2.75, 3.05) is 12.8 Å². The fourth-order valence-corrected chi connectivity index (χ4v) is 1.82. The zero-order chi connectivity index (χ0) is 11.5. The van der Waals surface area contributed by atoms with E-state index >= 15 is 0 Å². The third-order valence-electron chi connectivity index (χ3n) is 2.66. The molecule has 0 bridgehead atoms. The smallest absolute Gasteiger partial charge is 0.142 e. The Morgan fingerprint density at radius 2 is 1.75 bits per heavy atom. The zero-order valence-corrected chi connectivity index (χ0v) is 9.53. The van der Waals surface area contributed by atoms with Gasteiger partial charge in [0.2, 0.25) is 0 Å². The Morgan fingerprint density at radius 3 is 2.38 bits per heavy atom. The van der Waals surface area contributed by atoms with E-state index in [1.165, 1.54) is 5.56 Å². The largest absolute Gasteiger partial charge is 0.495 e. The molecule has 0 atom stereocenters. The van der Waals surface area contributed by atoms with Crippen molar-refractivity contribution in [3.8, 4) is 16.9 Å². The number of methoxy groups -OCH3 is 1. The van der Waals surface area contributed by atoms with Crippen LogP contribution in [0.1, 0.15) is 5.56 Å². The zero-order valence-electron chi connectivity index (χ0n) is 9.53. The van der Waals surface area contributed by atoms with E-state index in [4.69, 9.17) is 10.5 Å². The van der Waals surface area contributed by atoms with E-state index in [1.807, 2.05) is 30.3 Å². The summed E-state index contributed by atoms with van der Waals surface area (Å²) in [5.74, 6) is 0.726. The monoisotopic (exact) mass is 213 g/mol. The van der Waals surface area contributed by atoms with Gasteiger partial charge in [-0.25, -0.2) is 0 Å². The summed E-state index contributed by atoms with van der Waals surface area (Å²) in [6.07, 6.45) is 0. The van der Waals surface area contributed by atoms with Crippen LogP contribution in [0, 0.1) is 6.92 Å². The normalized spacial score (nSPS) is 10.1. The van der Waals surface area contributed by atoms with Crippen molar-refractivity contribution in [3.63, 3.8) is 0 Å². The maximum absolute atomic E-state index is 5.85. The number of aryl methyl sites for hydroxylation is 1. The lowest BCUT2D eigenvalue weighted by molar-refractivity contribution is 0.417. The lowest BCUT2D eigenvalue weighted by atomic mass is 9.99. The molecule has 0 unspecified atom stereocenters. The van der Waals surface area contributed by atoms with Gasteiger partial charge >= 0.3 is 0 Å². The van der Waals surface area contributed by atoms with Crippen molar-refractivity contribution in [1.82, 2.24) is 0 Å². The lowest BCUT2D eigenvalue weighted by Gasteiger charge is -2.11. The molecular weight excluding hydrogens is 198 g/mol. The Labute approximate surface area is 95.7 Å². The molecule has 0 amide bonds. The predicted molar refractivity (Wildman–Crippen MR) is 67.6 cm³/mol. The third kappa shape index (κ3) is 1.87. The Kier molecular flexibility index (Phi) is 2.82. The Bertz CT molecular complexity index is 492. The van der Waals surface area contributed by atoms with E-state index in [2.05, 4.69) is 19.1 Å². The molecule has 2 rings (SSSR count). The minimum Gasteiger partial charge on any atom is -0.495 e. The highest BCUT2D eigenvalue weighted by atomic mass is 16.5. The van der Waals surface area contributed by atoms with Crippen LogP contribution < -0.4 is 10.5 Å². The first-order valence-electron chi connectivity index (χ1n) is 5.22. The fraction of sp³-hybridized carbons (Fsp3) is 0.143. The molecule has 0 spiro atoms. The molecule has 2 nitrogen and oxygen atoms in total. The summed E-state index contributed by atoms with van der Waals surface area (Å²) in [6, 6.07) is 14.2. The van der Waals surface area contributed by atoms with Gasteiger partial charge in [0.05, 0.1) is 12.8 Å². The molecule has 0 heterocycles. The lowest BCUT2D eigenvalue weighted by Crippen LogP contribution is -1.94. The third-order valence-corrected chi connectivity index (χ3v) is 2.66. The van der Waals surface area contributed by atoms with Gasteiger partial charge in [-0.2, -0.15) is 0 Å². The number of nitrogens with two attached hydrogens (primary N) is 1. The molecule has 0 radical (unpaired) electrons. The molecule has 0 aliphatic carbocycles. The molecule has 2 N–H and O–H groups in total. The molecule has 0 aromatic heterocycles. The highest BCUT2D eigenvalue weighted by Crippen LogP contribution is 2.31. The topological polar surface area (TPSA) is 35.2 Å². The first-order chi connectivity index (χ1) is 7.72. The van der Waals surface area contributed by atoms with Crippen LogP contribution in [0.3, 0.4) is 0 Å². The summed E-state index contributed by atoms with van der Waals surface area (Å²) in [7, 11) is 1.63. The van der Waals surface area contributed by atoms with Crippen molar-refractivity contribution >= 4 is 5.69 Å². The van der Waals surface area contributed by atoms with Gasteiger partial charge < -0.3 is 10.5 Å². The summed E-state index contributed by atoms with van der Waals surface area (Å²) in [4.78, 5) is 0. The van der Waals surface area contributed by atoms with Crippen LogP contribution in [0.25, 0.3) is 11.1 Å². The van der Waals surface area contributed by atoms with Crippen LogP contribution >= 0.6 is 0 Å². The van der Waals surface area contributed by atoms with Gasteiger partial charge in [0.25, 0.3) is 0 Å². The van der Waals surface area contributed by atoms with Crippen molar-refractivity contribution < 1.29 is 4.74 Å². The average molecular weight is 213 g/mol. The van der Waals surface area contributed by atoms with Gasteiger partial charge in [-0.3, -0.25) is 0 Å². The SMILES string of the molecule is COc1cc(-c2ccccc2)c(C)cc1N. The van der Waals surface area contributed by atoms with Gasteiger partial charge in [-0.15, -0.1) is 0 Å². The van der Waals surface area contributed by atoms with Crippen molar-refractivity contribution in [2.24, 2.45) is 0 Å². The van der Waals surface area contributed by atoms with Crippen molar-refractivity contribution in [1.29, 1.82) is 0 Å². The molecule has 82 valence electrons. The molecule has 2 heteroatoms. The van der Waals surface area contributed by atoms with Crippen LogP contribution in [0.5, 0.6) is 5.75 Å². The minimum atomic E-state index is 0.680. The molecule has 16 heavy (non-hydrogen) atoms. The van der Waals surface area contributed by atoms with E-state index in [-0.39, 0.29) is 0 Å². The first-order valence-corrected chi connectivity index (χ1v) is 5.22. The molecule has 2 aromatic rings. The van der Waals surface area contributed by atoms with Crippen LogP contribution in [0.15, 0.2) is 42.5 Å². The van der Waals surface area contributed by atoms with E-state index < -0.39 is 0 Å². The first kappa shape index (κ1) is 10.6. The maximum atomic E-state index is 5.85. The summed E-state index contributed by atoms with van der Waals surface area (Å²) in [5, 5.41) is 0. The summed E-state index contributed by atoms with van der Waals surface area (Å²) < 4.78 is 5.24. The predicted octanol–water partition coefficient (Wildman–Crippen LogP) is 3.25. The summed E-state index contributed by atoms with van der Waals surface area (Å²) in [6.45, 7) is 2.05. The summed E-state index contributed by atoms with van der Waals surface area (Å²) in [5.41, 5.74) is 10.0. The van der Waals surface area contributed by atoms with Gasteiger partial charge in [0.1, 0.15) is 5.75 Å². The second-order valence-corrected chi connectivity index (χ2v) is 3.78. The standard InChI is InChI=1S/C14H15NO/c1-10-8-13(15)14(16-2)9-12(10)11-6-4-3-5-7-11/h3-9H,15H2,1-2H3. The molecule has 0 saturated heterocycles. The Morgan fingerprint density at radius 1 is 1.06 bits per heavy atom. The van der Waals surface area contributed by atoms with Gasteiger partial charge in [0.15, 0.2) is 0 Å². The van der Waals surface area contributed by atoms with Gasteiger partial charge in [0, 0.05) is 0 Å². The highest BCUT2D eigenvalue weighted by Gasteiger charge is 2.06. The molecule has 2 aromatic carbocycles. The molecular formula is C14H15NO. The molecule has 0 fully saturated rings. The maximum Gasteiger partial charge on any atom is 0.142 e. The van der Waals surface area contributed by atoms with Gasteiger partial charge in [-0.05, 0) is 35.7 Å². The van der Waals surface area contributed by atoms with E-state index in [9.17, 15) is 0 Å². The molecule has 0 aliphatic heterocycles. The van der Waals surface area contributed by atoms with Crippen molar-refractivity contribution in [3.05, 3.63) is 48.0 Å². The number of anilines is 1. The number of nitrogen functional groups attached to an aromatic ring is 1. The quantitative estimate of drug-likeness (QED) is 0.777. The van der Waals surface area contributed by atoms with Crippen LogP contribution in [-0.2, 0) is 0 Å². The van der Waals surface area contributed by atoms with Crippen molar-refractivity contribution in [2.45, 2.75) is 6.92 Å². The Hall–Kier alpha value is -1.96. The van der Waals surface area contributed by atoms with E-state index in [1.54, 1.807) is 7.11 Å². The second-order valence-electron chi connectivity index (χ2n) is 3.78. The number of rotatable bonds is 2. The second kappa shape index (κ2) is 4.27. The van der Waals surface area contributed by atoms with E-state index in [0.29, 0.717) is 5.69 Å². The average Bonchev–Trinajstić information content (AvgIpc) is 2.30. The van der Waals surface area contributed by atoms with Crippen LogP contribution in [0.2, 0.25) is 0 Å². The number of ether oxygens (including phenoxy) is 1. The number of hydrogen-bond donors (Lipinski definition) is 1. The molecule has 0 aliphatic rings. The van der Waals surface area contributed by atoms with E-state index in [0.717, 1.165) is 16.9 Å². The number of hydrogen-bond acceptors (Lipinski definition) is 2. The number of benzene rings is 2. The van der Waals surface area contributed by atoms with Crippen LogP contribution in [0.4, 0.5) is 5.69 Å². The minimum absolute atomic E-state index is 0.680. The Balaban J connectivity index is 2.57. The molecule has 0 saturated carbocycles. The highest BCUT2D eigenvalue weighted by molar-refractivity contribution is 5.73. The van der Waals surface area contributed by atoms with Gasteiger partial charge in [-0.1, -0.05) is 30.3 Å². The fourth-order valence-electron chi connectivity index (χ4n) is 1.82.